The lowest BCUT2D eigenvalue weighted by Gasteiger charge is -2.15. The van der Waals surface area contributed by atoms with Crippen molar-refractivity contribution in [2.45, 2.75) is 6.92 Å². The van der Waals surface area contributed by atoms with Crippen molar-refractivity contribution in [1.29, 1.82) is 0 Å². The topological polar surface area (TPSA) is 111 Å². The Bertz CT molecular complexity index is 1030. The molecule has 0 saturated carbocycles. The maximum Gasteiger partial charge on any atom is 0.345 e. The van der Waals surface area contributed by atoms with Crippen LogP contribution in [0, 0.1) is 0 Å². The number of ether oxygens (including phenoxy) is 2. The number of carbonyl (C=O) groups is 4. The van der Waals surface area contributed by atoms with Gasteiger partial charge in [0.05, 0.1) is 17.2 Å². The molecule has 1 aliphatic rings. The van der Waals surface area contributed by atoms with Crippen LogP contribution in [0.3, 0.4) is 0 Å². The molecule has 1 fully saturated rings. The lowest BCUT2D eigenvalue weighted by atomic mass is 10.1. The van der Waals surface area contributed by atoms with Gasteiger partial charge < -0.3 is 9.47 Å². The first-order valence-corrected chi connectivity index (χ1v) is 8.88. The minimum absolute atomic E-state index is 0.145. The number of rotatable bonds is 5. The number of carbonyl (C=O) groups excluding carboxylic acids is 4. The Morgan fingerprint density at radius 2 is 1.72 bits per heavy atom. The molecule has 1 saturated heterocycles. The van der Waals surface area contributed by atoms with Crippen LogP contribution in [-0.2, 0) is 9.59 Å². The monoisotopic (exact) mass is 414 g/mol. The fourth-order valence-corrected chi connectivity index (χ4v) is 2.73. The van der Waals surface area contributed by atoms with Gasteiger partial charge in [-0.2, -0.15) is 0 Å². The maximum atomic E-state index is 12.4. The zero-order valence-electron chi connectivity index (χ0n) is 15.2. The van der Waals surface area contributed by atoms with Crippen LogP contribution >= 0.6 is 11.6 Å². The molecule has 8 nitrogen and oxygen atoms in total. The summed E-state index contributed by atoms with van der Waals surface area (Å²) in [6, 6.07) is 10.1. The fourth-order valence-electron chi connectivity index (χ4n) is 2.52. The molecule has 3 rings (SSSR count). The second kappa shape index (κ2) is 8.57. The van der Waals surface area contributed by atoms with Crippen LogP contribution in [0.5, 0.6) is 11.5 Å². The summed E-state index contributed by atoms with van der Waals surface area (Å²) < 4.78 is 10.9. The molecular formula is C20H15ClN2O6. The van der Waals surface area contributed by atoms with Crippen LogP contribution in [0.1, 0.15) is 22.8 Å². The second-order valence-corrected chi connectivity index (χ2v) is 6.21. The Balaban J connectivity index is 1.89. The van der Waals surface area contributed by atoms with Gasteiger partial charge in [-0.15, -0.1) is 0 Å². The molecule has 1 heterocycles. The standard InChI is InChI=1S/C20H15ClN2O6/c1-2-28-16-10-11(9-13-17(24)22-20(27)23-18(13)25)7-8-15(16)29-19(26)12-5-3-4-6-14(12)21/h3-10H,2H2,1H3,(H2,22,23,24,25,27). The quantitative estimate of drug-likeness (QED) is 0.337. The van der Waals surface area contributed by atoms with Crippen LogP contribution < -0.4 is 20.1 Å². The lowest BCUT2D eigenvalue weighted by molar-refractivity contribution is -0.123. The fraction of sp³-hybridized carbons (Fsp3) is 0.100. The highest BCUT2D eigenvalue weighted by molar-refractivity contribution is 6.33. The van der Waals surface area contributed by atoms with Gasteiger partial charge in [0.15, 0.2) is 11.5 Å². The van der Waals surface area contributed by atoms with E-state index in [-0.39, 0.29) is 34.3 Å². The van der Waals surface area contributed by atoms with Crippen molar-refractivity contribution in [3.8, 4) is 11.5 Å². The largest absolute Gasteiger partial charge is 0.490 e. The first-order chi connectivity index (χ1) is 13.9. The Hall–Kier alpha value is -3.65. The molecule has 1 aliphatic heterocycles. The van der Waals surface area contributed by atoms with Crippen LogP contribution in [0.15, 0.2) is 48.0 Å². The molecule has 148 valence electrons. The molecule has 2 aromatic rings. The molecule has 2 aromatic carbocycles. The number of hydrogen-bond acceptors (Lipinski definition) is 6. The number of esters is 1. The van der Waals surface area contributed by atoms with Crippen molar-refractivity contribution in [3.05, 3.63) is 64.2 Å². The molecule has 4 amide bonds. The minimum Gasteiger partial charge on any atom is -0.490 e. The van der Waals surface area contributed by atoms with Gasteiger partial charge in [0.2, 0.25) is 0 Å². The van der Waals surface area contributed by atoms with Gasteiger partial charge in [0, 0.05) is 0 Å². The average Bonchev–Trinajstić information content (AvgIpc) is 2.67. The number of urea groups is 1. The van der Waals surface area contributed by atoms with E-state index < -0.39 is 23.8 Å². The summed E-state index contributed by atoms with van der Waals surface area (Å²) in [6.07, 6.45) is 1.29. The van der Waals surface area contributed by atoms with Crippen LogP contribution in [0.4, 0.5) is 4.79 Å². The SMILES string of the molecule is CCOc1cc(C=C2C(=O)NC(=O)NC2=O)ccc1OC(=O)c1ccccc1Cl. The molecule has 0 aromatic heterocycles. The van der Waals surface area contributed by atoms with E-state index in [0.29, 0.717) is 5.56 Å². The predicted octanol–water partition coefficient (Wildman–Crippen LogP) is 2.71. The van der Waals surface area contributed by atoms with E-state index in [2.05, 4.69) is 0 Å². The van der Waals surface area contributed by atoms with Gasteiger partial charge in [0.1, 0.15) is 5.57 Å². The van der Waals surface area contributed by atoms with E-state index in [4.69, 9.17) is 21.1 Å². The number of benzene rings is 2. The van der Waals surface area contributed by atoms with Gasteiger partial charge in [-0.25, -0.2) is 9.59 Å². The lowest BCUT2D eigenvalue weighted by Crippen LogP contribution is -2.51. The van der Waals surface area contributed by atoms with Crippen LogP contribution in [0.2, 0.25) is 5.02 Å². The summed E-state index contributed by atoms with van der Waals surface area (Å²) in [5.74, 6) is -1.91. The molecule has 0 radical (unpaired) electrons. The molecule has 2 N–H and O–H groups in total. The molecule has 9 heteroatoms. The third-order valence-electron chi connectivity index (χ3n) is 3.82. The van der Waals surface area contributed by atoms with Crippen molar-refractivity contribution in [3.63, 3.8) is 0 Å². The minimum atomic E-state index is -0.881. The summed E-state index contributed by atoms with van der Waals surface area (Å²) in [7, 11) is 0. The van der Waals surface area contributed by atoms with Crippen LogP contribution in [0.25, 0.3) is 6.08 Å². The molecular weight excluding hydrogens is 400 g/mol. The predicted molar refractivity (Wildman–Crippen MR) is 104 cm³/mol. The van der Waals surface area contributed by atoms with Gasteiger partial charge in [0.25, 0.3) is 11.8 Å². The molecule has 0 atom stereocenters. The van der Waals surface area contributed by atoms with Gasteiger partial charge in [-0.05, 0) is 42.8 Å². The number of nitrogens with one attached hydrogen (secondary N) is 2. The summed E-state index contributed by atoms with van der Waals surface area (Å²) in [5, 5.41) is 4.23. The van der Waals surface area contributed by atoms with E-state index >= 15 is 0 Å². The molecule has 29 heavy (non-hydrogen) atoms. The van der Waals surface area contributed by atoms with Crippen molar-refractivity contribution in [1.82, 2.24) is 10.6 Å². The normalized spacial score (nSPS) is 13.4. The van der Waals surface area contributed by atoms with Crippen molar-refractivity contribution in [2.75, 3.05) is 6.61 Å². The Labute approximate surface area is 170 Å². The van der Waals surface area contributed by atoms with Crippen molar-refractivity contribution >= 4 is 41.5 Å². The average molecular weight is 415 g/mol. The third kappa shape index (κ3) is 4.61. The zero-order chi connectivity index (χ0) is 21.0. The number of imide groups is 2. The van der Waals surface area contributed by atoms with E-state index in [1.54, 1.807) is 25.1 Å². The van der Waals surface area contributed by atoms with Gasteiger partial charge >= 0.3 is 12.0 Å². The number of barbiturate groups is 1. The van der Waals surface area contributed by atoms with E-state index in [1.165, 1.54) is 30.3 Å². The van der Waals surface area contributed by atoms with Gasteiger partial charge in [-0.1, -0.05) is 29.8 Å². The number of halogens is 1. The molecule has 0 unspecified atom stereocenters. The number of hydrogen-bond donors (Lipinski definition) is 2. The number of amides is 4. The van der Waals surface area contributed by atoms with Crippen molar-refractivity contribution in [2.24, 2.45) is 0 Å². The smallest absolute Gasteiger partial charge is 0.345 e. The third-order valence-corrected chi connectivity index (χ3v) is 4.15. The molecule has 0 aliphatic carbocycles. The first-order valence-electron chi connectivity index (χ1n) is 8.51. The Kier molecular flexibility index (Phi) is 5.94. The Morgan fingerprint density at radius 3 is 2.38 bits per heavy atom. The molecule has 0 spiro atoms. The summed E-state index contributed by atoms with van der Waals surface area (Å²) in [5.41, 5.74) is 0.386. The van der Waals surface area contributed by atoms with E-state index in [0.717, 1.165) is 0 Å². The van der Waals surface area contributed by atoms with Crippen LogP contribution in [-0.4, -0.2) is 30.4 Å². The van der Waals surface area contributed by atoms with Gasteiger partial charge in [-0.3, -0.25) is 20.2 Å². The second-order valence-electron chi connectivity index (χ2n) is 5.80. The zero-order valence-corrected chi connectivity index (χ0v) is 15.9. The summed E-state index contributed by atoms with van der Waals surface area (Å²) >= 11 is 6.02. The first kappa shape index (κ1) is 20.1. The van der Waals surface area contributed by atoms with E-state index in [9.17, 15) is 19.2 Å². The molecule has 0 bridgehead atoms. The highest BCUT2D eigenvalue weighted by Crippen LogP contribution is 2.31. The summed E-state index contributed by atoms with van der Waals surface area (Å²) in [6.45, 7) is 2.03. The Morgan fingerprint density at radius 1 is 1.03 bits per heavy atom. The van der Waals surface area contributed by atoms with Crippen molar-refractivity contribution < 1.29 is 28.7 Å². The van der Waals surface area contributed by atoms with E-state index in [1.807, 2.05) is 10.6 Å². The summed E-state index contributed by atoms with van der Waals surface area (Å²) in [4.78, 5) is 47.3. The highest BCUT2D eigenvalue weighted by Gasteiger charge is 2.27. The highest BCUT2D eigenvalue weighted by atomic mass is 35.5. The maximum absolute atomic E-state index is 12.4.